The van der Waals surface area contributed by atoms with Gasteiger partial charge in [-0.05, 0) is 119 Å². The van der Waals surface area contributed by atoms with Gasteiger partial charge in [-0.1, -0.05) is 97.1 Å². The minimum absolute atomic E-state index is 0.264. The Morgan fingerprint density at radius 2 is 0.500 bits per heavy atom. The lowest BCUT2D eigenvalue weighted by molar-refractivity contribution is 0.577. The summed E-state index contributed by atoms with van der Waals surface area (Å²) >= 11 is 0. The average Bonchev–Trinajstić information content (AvgIpc) is 3.23. The standard InChI is InChI=1S/C48H32F4N4/c49-43-29-35(33-21-25-41(26-22-33)55(37-13-5-1-6-14-37)38-15-7-2-8-16-38)30-44(50)47(43)53-54-48-45(51)31-36(32-46(48)52)34-23-27-42(28-24-34)56(39-17-9-3-10-18-39)40-19-11-4-12-20-40/h1-32H. The molecule has 272 valence electrons. The first-order valence-corrected chi connectivity index (χ1v) is 17.8. The van der Waals surface area contributed by atoms with E-state index in [0.717, 1.165) is 58.4 Å². The molecule has 8 rings (SSSR count). The van der Waals surface area contributed by atoms with E-state index in [1.807, 2.05) is 146 Å². The number of nitrogens with zero attached hydrogens (tertiary/aromatic N) is 4. The Morgan fingerprint density at radius 1 is 0.268 bits per heavy atom. The number of hydrogen-bond acceptors (Lipinski definition) is 4. The van der Waals surface area contributed by atoms with Crippen molar-refractivity contribution in [1.29, 1.82) is 0 Å². The number of azo groups is 1. The van der Waals surface area contributed by atoms with E-state index in [1.54, 1.807) is 24.3 Å². The highest BCUT2D eigenvalue weighted by molar-refractivity contribution is 5.80. The first-order valence-electron chi connectivity index (χ1n) is 17.8. The van der Waals surface area contributed by atoms with Crippen LogP contribution in [0.1, 0.15) is 0 Å². The van der Waals surface area contributed by atoms with Crippen LogP contribution in [-0.2, 0) is 0 Å². The number of para-hydroxylation sites is 4. The second-order valence-corrected chi connectivity index (χ2v) is 12.9. The summed E-state index contributed by atoms with van der Waals surface area (Å²) in [5.41, 5.74) is 5.62. The van der Waals surface area contributed by atoms with Crippen LogP contribution in [0.2, 0.25) is 0 Å². The molecule has 0 N–H and O–H groups in total. The van der Waals surface area contributed by atoms with Gasteiger partial charge in [0.05, 0.1) is 0 Å². The Hall–Kier alpha value is -7.32. The van der Waals surface area contributed by atoms with Gasteiger partial charge in [-0.3, -0.25) is 0 Å². The molecule has 56 heavy (non-hydrogen) atoms. The fraction of sp³-hybridized carbons (Fsp3) is 0. The molecule has 4 nitrogen and oxygen atoms in total. The minimum atomic E-state index is -1.03. The molecule has 0 unspecified atom stereocenters. The van der Waals surface area contributed by atoms with Crippen LogP contribution in [0.4, 0.5) is 63.1 Å². The molecule has 0 saturated carbocycles. The smallest absolute Gasteiger partial charge is 0.157 e. The Labute approximate surface area is 321 Å². The van der Waals surface area contributed by atoms with E-state index in [4.69, 9.17) is 0 Å². The summed E-state index contributed by atoms with van der Waals surface area (Å²) in [5, 5.41) is 7.22. The summed E-state index contributed by atoms with van der Waals surface area (Å²) < 4.78 is 61.4. The van der Waals surface area contributed by atoms with E-state index in [2.05, 4.69) is 20.0 Å². The Morgan fingerprint density at radius 3 is 0.750 bits per heavy atom. The van der Waals surface area contributed by atoms with E-state index in [1.165, 1.54) is 0 Å². The number of hydrogen-bond donors (Lipinski definition) is 0. The molecule has 0 atom stereocenters. The highest BCUT2D eigenvalue weighted by Crippen LogP contribution is 2.39. The van der Waals surface area contributed by atoms with Crippen molar-refractivity contribution < 1.29 is 17.6 Å². The molecule has 0 saturated heterocycles. The van der Waals surface area contributed by atoms with Gasteiger partial charge in [-0.15, -0.1) is 10.2 Å². The zero-order valence-corrected chi connectivity index (χ0v) is 29.8. The molecule has 0 aromatic heterocycles. The van der Waals surface area contributed by atoms with Gasteiger partial charge in [0.25, 0.3) is 0 Å². The summed E-state index contributed by atoms with van der Waals surface area (Å²) in [4.78, 5) is 4.14. The van der Waals surface area contributed by atoms with E-state index < -0.39 is 34.6 Å². The van der Waals surface area contributed by atoms with Crippen molar-refractivity contribution in [3.05, 3.63) is 217 Å². The van der Waals surface area contributed by atoms with Crippen molar-refractivity contribution in [3.8, 4) is 22.3 Å². The molecule has 0 bridgehead atoms. The molecule has 0 aliphatic heterocycles. The van der Waals surface area contributed by atoms with Gasteiger partial charge < -0.3 is 9.80 Å². The predicted molar refractivity (Wildman–Crippen MR) is 217 cm³/mol. The normalized spacial score (nSPS) is 11.1. The third-order valence-corrected chi connectivity index (χ3v) is 9.26. The topological polar surface area (TPSA) is 31.2 Å². The van der Waals surface area contributed by atoms with Gasteiger partial charge in [0.1, 0.15) is 0 Å². The highest BCUT2D eigenvalue weighted by atomic mass is 19.1. The van der Waals surface area contributed by atoms with Gasteiger partial charge >= 0.3 is 0 Å². The maximum Gasteiger partial charge on any atom is 0.157 e. The van der Waals surface area contributed by atoms with Gasteiger partial charge in [0, 0.05) is 34.1 Å². The van der Waals surface area contributed by atoms with Crippen LogP contribution < -0.4 is 9.80 Å². The largest absolute Gasteiger partial charge is 0.311 e. The van der Waals surface area contributed by atoms with Crippen LogP contribution in [0.3, 0.4) is 0 Å². The molecule has 0 heterocycles. The summed E-state index contributed by atoms with van der Waals surface area (Å²) in [6.07, 6.45) is 0. The molecule has 0 spiro atoms. The lowest BCUT2D eigenvalue weighted by atomic mass is 10.0. The fourth-order valence-electron chi connectivity index (χ4n) is 6.56. The SMILES string of the molecule is Fc1cc(-c2ccc(N(c3ccccc3)c3ccccc3)cc2)cc(F)c1N=Nc1c(F)cc(-c2ccc(N(c3ccccc3)c3ccccc3)cc2)cc1F. The average molecular weight is 741 g/mol. The molecule has 0 radical (unpaired) electrons. The predicted octanol–water partition coefficient (Wildman–Crippen LogP) is 14.9. The molecule has 0 amide bonds. The van der Waals surface area contributed by atoms with Crippen molar-refractivity contribution >= 4 is 45.5 Å². The number of halogens is 4. The Kier molecular flexibility index (Phi) is 10.2. The lowest BCUT2D eigenvalue weighted by Gasteiger charge is -2.25. The monoisotopic (exact) mass is 740 g/mol. The van der Waals surface area contributed by atoms with Crippen molar-refractivity contribution in [2.24, 2.45) is 10.2 Å². The van der Waals surface area contributed by atoms with E-state index in [-0.39, 0.29) is 11.1 Å². The fourth-order valence-corrected chi connectivity index (χ4v) is 6.56. The minimum Gasteiger partial charge on any atom is -0.311 e. The number of anilines is 6. The van der Waals surface area contributed by atoms with Crippen LogP contribution in [0.15, 0.2) is 204 Å². The molecular formula is C48H32F4N4. The van der Waals surface area contributed by atoms with Crippen LogP contribution in [0.5, 0.6) is 0 Å². The first kappa shape index (κ1) is 35.7. The van der Waals surface area contributed by atoms with E-state index in [0.29, 0.717) is 11.1 Å². The first-order chi connectivity index (χ1) is 27.4. The van der Waals surface area contributed by atoms with Gasteiger partial charge in [-0.2, -0.15) is 0 Å². The maximum absolute atomic E-state index is 15.3. The van der Waals surface area contributed by atoms with Gasteiger partial charge in [0.15, 0.2) is 34.6 Å². The molecule has 8 heteroatoms. The molecule has 0 aliphatic rings. The quantitative estimate of drug-likeness (QED) is 0.103. The molecule has 0 fully saturated rings. The molecular weight excluding hydrogens is 709 g/mol. The second-order valence-electron chi connectivity index (χ2n) is 12.9. The summed E-state index contributed by atoms with van der Waals surface area (Å²) in [5.74, 6) is -4.11. The van der Waals surface area contributed by atoms with E-state index >= 15 is 17.6 Å². The zero-order valence-electron chi connectivity index (χ0n) is 29.8. The molecule has 8 aromatic carbocycles. The lowest BCUT2D eigenvalue weighted by Crippen LogP contribution is -2.09. The van der Waals surface area contributed by atoms with Crippen LogP contribution >= 0.6 is 0 Å². The van der Waals surface area contributed by atoms with Crippen LogP contribution in [0, 0.1) is 23.3 Å². The highest BCUT2D eigenvalue weighted by Gasteiger charge is 2.18. The van der Waals surface area contributed by atoms with Crippen molar-refractivity contribution in [2.45, 2.75) is 0 Å². The Balaban J connectivity index is 1.02. The summed E-state index contributed by atoms with van der Waals surface area (Å²) in [7, 11) is 0. The molecule has 8 aromatic rings. The third-order valence-electron chi connectivity index (χ3n) is 9.26. The summed E-state index contributed by atoms with van der Waals surface area (Å²) in [6.45, 7) is 0. The van der Waals surface area contributed by atoms with Crippen molar-refractivity contribution in [3.63, 3.8) is 0 Å². The third kappa shape index (κ3) is 7.54. The maximum atomic E-state index is 15.3. The van der Waals surface area contributed by atoms with Crippen molar-refractivity contribution in [2.75, 3.05) is 9.80 Å². The summed E-state index contributed by atoms with van der Waals surface area (Å²) in [6, 6.07) is 58.4. The molecule has 0 aliphatic carbocycles. The van der Waals surface area contributed by atoms with Gasteiger partial charge in [-0.25, -0.2) is 17.6 Å². The number of benzene rings is 8. The Bertz CT molecular complexity index is 2290. The van der Waals surface area contributed by atoms with Crippen LogP contribution in [-0.4, -0.2) is 0 Å². The van der Waals surface area contributed by atoms with Crippen LogP contribution in [0.25, 0.3) is 22.3 Å². The second kappa shape index (κ2) is 16.0. The van der Waals surface area contributed by atoms with Gasteiger partial charge in [0.2, 0.25) is 0 Å². The van der Waals surface area contributed by atoms with Crippen molar-refractivity contribution in [1.82, 2.24) is 0 Å². The zero-order chi connectivity index (χ0) is 38.4. The number of rotatable bonds is 10. The van der Waals surface area contributed by atoms with E-state index in [9.17, 15) is 0 Å².